The first-order valence-corrected chi connectivity index (χ1v) is 9.16. The average molecular weight is 400 g/mol. The van der Waals surface area contributed by atoms with E-state index < -0.39 is 6.10 Å². The van der Waals surface area contributed by atoms with E-state index in [4.69, 9.17) is 37.4 Å². The van der Waals surface area contributed by atoms with Gasteiger partial charge >= 0.3 is 0 Å². The molecule has 1 aromatic carbocycles. The molecule has 1 aromatic rings. The summed E-state index contributed by atoms with van der Waals surface area (Å²) in [6, 6.07) is 4.76. The number of carbonyl (C=O) groups is 1. The highest BCUT2D eigenvalue weighted by atomic mass is 35.5. The van der Waals surface area contributed by atoms with Crippen molar-refractivity contribution in [2.45, 2.75) is 39.3 Å². The van der Waals surface area contributed by atoms with Crippen LogP contribution in [0.3, 0.4) is 0 Å². The van der Waals surface area contributed by atoms with Crippen LogP contribution in [-0.4, -0.2) is 31.5 Å². The van der Waals surface area contributed by atoms with Gasteiger partial charge in [0.05, 0.1) is 5.02 Å². The molecule has 0 aromatic heterocycles. The number of ether oxygens (including phenoxy) is 3. The van der Waals surface area contributed by atoms with Crippen LogP contribution in [0.5, 0.6) is 5.75 Å². The Morgan fingerprint density at radius 3 is 2.81 bits per heavy atom. The number of hydrogen-bond acceptors (Lipinski definition) is 4. The van der Waals surface area contributed by atoms with Gasteiger partial charge in [0.1, 0.15) is 18.1 Å². The molecule has 0 aliphatic carbocycles. The van der Waals surface area contributed by atoms with Gasteiger partial charge in [-0.05, 0) is 44.5 Å². The van der Waals surface area contributed by atoms with Gasteiger partial charge in [-0.15, -0.1) is 0 Å². The van der Waals surface area contributed by atoms with E-state index in [-0.39, 0.29) is 18.7 Å². The minimum atomic E-state index is -0.645. The predicted molar refractivity (Wildman–Crippen MR) is 103 cm³/mol. The molecule has 1 heterocycles. The molecule has 2 atom stereocenters. The predicted octanol–water partition coefficient (Wildman–Crippen LogP) is 4.49. The van der Waals surface area contributed by atoms with Crippen molar-refractivity contribution in [1.82, 2.24) is 5.32 Å². The fourth-order valence-electron chi connectivity index (χ4n) is 2.23. The second-order valence-corrected chi connectivity index (χ2v) is 6.82. The van der Waals surface area contributed by atoms with Gasteiger partial charge < -0.3 is 19.5 Å². The molecular formula is C19H23Cl2NO4. The first-order chi connectivity index (χ1) is 12.4. The van der Waals surface area contributed by atoms with Crippen LogP contribution in [0, 0.1) is 0 Å². The Morgan fingerprint density at radius 1 is 1.42 bits per heavy atom. The SMILES string of the molecule is CCC(Oc1ccc(Cl)cc1Cl)C(=O)NC(C)C(C)=CC=C1COCO1. The standard InChI is InChI=1S/C19H23Cl2NO4/c1-4-17(26-18-8-6-14(20)9-16(18)21)19(23)22-13(3)12(2)5-7-15-10-24-11-25-15/h5-9,13,17H,4,10-11H2,1-3H3,(H,22,23). The van der Waals surface area contributed by atoms with Crippen LogP contribution in [0.2, 0.25) is 10.0 Å². The monoisotopic (exact) mass is 399 g/mol. The molecule has 2 rings (SSSR count). The highest BCUT2D eigenvalue weighted by Crippen LogP contribution is 2.28. The number of nitrogens with one attached hydrogen (secondary N) is 1. The molecule has 1 N–H and O–H groups in total. The van der Waals surface area contributed by atoms with Crippen molar-refractivity contribution in [1.29, 1.82) is 0 Å². The number of carbonyl (C=O) groups excluding carboxylic acids is 1. The summed E-state index contributed by atoms with van der Waals surface area (Å²) in [6.45, 7) is 6.49. The van der Waals surface area contributed by atoms with Crippen LogP contribution >= 0.6 is 23.2 Å². The minimum absolute atomic E-state index is 0.153. The number of benzene rings is 1. The van der Waals surface area contributed by atoms with Gasteiger partial charge in [0.2, 0.25) is 0 Å². The normalized spacial score (nSPS) is 18.3. The third-order valence-corrected chi connectivity index (χ3v) is 4.50. The number of halogens is 2. The Morgan fingerprint density at radius 2 is 2.19 bits per heavy atom. The zero-order valence-electron chi connectivity index (χ0n) is 15.1. The van der Waals surface area contributed by atoms with E-state index in [2.05, 4.69) is 5.32 Å². The average Bonchev–Trinajstić information content (AvgIpc) is 3.12. The van der Waals surface area contributed by atoms with Crippen LogP contribution < -0.4 is 10.1 Å². The van der Waals surface area contributed by atoms with Crippen LogP contribution in [0.4, 0.5) is 0 Å². The number of hydrogen-bond donors (Lipinski definition) is 1. The second-order valence-electron chi connectivity index (χ2n) is 5.97. The second kappa shape index (κ2) is 9.86. The highest BCUT2D eigenvalue weighted by molar-refractivity contribution is 6.35. The smallest absolute Gasteiger partial charge is 0.261 e. The molecule has 0 bridgehead atoms. The van der Waals surface area contributed by atoms with Crippen molar-refractivity contribution in [2.24, 2.45) is 0 Å². The summed E-state index contributed by atoms with van der Waals surface area (Å²) in [5, 5.41) is 3.84. The lowest BCUT2D eigenvalue weighted by atomic mass is 10.1. The van der Waals surface area contributed by atoms with Gasteiger partial charge in [0.25, 0.3) is 5.91 Å². The van der Waals surface area contributed by atoms with E-state index in [1.807, 2.05) is 32.9 Å². The first-order valence-electron chi connectivity index (χ1n) is 8.40. The van der Waals surface area contributed by atoms with Crippen LogP contribution in [0.25, 0.3) is 0 Å². The third kappa shape index (κ3) is 5.94. The van der Waals surface area contributed by atoms with Crippen molar-refractivity contribution in [3.05, 3.63) is 51.7 Å². The van der Waals surface area contributed by atoms with E-state index in [0.29, 0.717) is 28.8 Å². The fraction of sp³-hybridized carbons (Fsp3) is 0.421. The molecule has 1 saturated heterocycles. The Balaban J connectivity index is 1.96. The Kier molecular flexibility index (Phi) is 7.82. The van der Waals surface area contributed by atoms with Crippen molar-refractivity contribution < 1.29 is 19.0 Å². The minimum Gasteiger partial charge on any atom is -0.479 e. The van der Waals surface area contributed by atoms with E-state index in [1.54, 1.807) is 18.2 Å². The third-order valence-electron chi connectivity index (χ3n) is 3.97. The first kappa shape index (κ1) is 20.6. The molecule has 1 aliphatic rings. The molecule has 142 valence electrons. The van der Waals surface area contributed by atoms with Crippen molar-refractivity contribution in [3.8, 4) is 5.75 Å². The lowest BCUT2D eigenvalue weighted by Gasteiger charge is -2.21. The summed E-state index contributed by atoms with van der Waals surface area (Å²) in [5.41, 5.74) is 0.987. The summed E-state index contributed by atoms with van der Waals surface area (Å²) in [5.74, 6) is 1.00. The van der Waals surface area contributed by atoms with Gasteiger partial charge in [-0.1, -0.05) is 41.8 Å². The molecule has 1 fully saturated rings. The quantitative estimate of drug-likeness (QED) is 0.733. The Hall–Kier alpha value is -1.69. The van der Waals surface area contributed by atoms with E-state index >= 15 is 0 Å². The largest absolute Gasteiger partial charge is 0.479 e. The van der Waals surface area contributed by atoms with Gasteiger partial charge in [0.15, 0.2) is 12.9 Å². The van der Waals surface area contributed by atoms with Gasteiger partial charge in [0, 0.05) is 11.1 Å². The van der Waals surface area contributed by atoms with Crippen molar-refractivity contribution in [3.63, 3.8) is 0 Å². The summed E-state index contributed by atoms with van der Waals surface area (Å²) in [6.07, 6.45) is 3.63. The fourth-order valence-corrected chi connectivity index (χ4v) is 2.69. The van der Waals surface area contributed by atoms with Gasteiger partial charge in [-0.2, -0.15) is 0 Å². The Bertz CT molecular complexity index is 695. The Labute approximate surface area is 163 Å². The maximum Gasteiger partial charge on any atom is 0.261 e. The molecule has 0 radical (unpaired) electrons. The van der Waals surface area contributed by atoms with E-state index in [9.17, 15) is 4.79 Å². The maximum absolute atomic E-state index is 12.5. The molecule has 7 heteroatoms. The van der Waals surface area contributed by atoms with Crippen molar-refractivity contribution >= 4 is 29.1 Å². The maximum atomic E-state index is 12.5. The number of allylic oxidation sites excluding steroid dienone is 2. The topological polar surface area (TPSA) is 56.8 Å². The lowest BCUT2D eigenvalue weighted by molar-refractivity contribution is -0.128. The summed E-state index contributed by atoms with van der Waals surface area (Å²) < 4.78 is 16.1. The molecule has 0 spiro atoms. The lowest BCUT2D eigenvalue weighted by Crippen LogP contribution is -2.42. The molecule has 1 amide bonds. The molecule has 26 heavy (non-hydrogen) atoms. The molecular weight excluding hydrogens is 377 g/mol. The van der Waals surface area contributed by atoms with Crippen LogP contribution in [0.1, 0.15) is 27.2 Å². The molecule has 0 saturated carbocycles. The van der Waals surface area contributed by atoms with Crippen molar-refractivity contribution in [2.75, 3.05) is 13.4 Å². The number of amides is 1. The van der Waals surface area contributed by atoms with Gasteiger partial charge in [-0.25, -0.2) is 0 Å². The molecule has 1 aliphatic heterocycles. The zero-order valence-corrected chi connectivity index (χ0v) is 16.6. The summed E-state index contributed by atoms with van der Waals surface area (Å²) >= 11 is 12.0. The highest BCUT2D eigenvalue weighted by Gasteiger charge is 2.21. The van der Waals surface area contributed by atoms with Crippen LogP contribution in [-0.2, 0) is 14.3 Å². The molecule has 5 nitrogen and oxygen atoms in total. The zero-order chi connectivity index (χ0) is 19.1. The summed E-state index contributed by atoms with van der Waals surface area (Å²) in [7, 11) is 0. The summed E-state index contributed by atoms with van der Waals surface area (Å²) in [4.78, 5) is 12.5. The van der Waals surface area contributed by atoms with Gasteiger partial charge in [-0.3, -0.25) is 4.79 Å². The molecule has 2 unspecified atom stereocenters. The number of rotatable bonds is 7. The van der Waals surface area contributed by atoms with E-state index in [1.165, 1.54) is 0 Å². The van der Waals surface area contributed by atoms with E-state index in [0.717, 1.165) is 11.3 Å². The van der Waals surface area contributed by atoms with Crippen LogP contribution in [0.15, 0.2) is 41.7 Å².